The van der Waals surface area contributed by atoms with E-state index in [-0.39, 0.29) is 18.2 Å². The number of benzene rings is 3. The highest BCUT2D eigenvalue weighted by Gasteiger charge is 2.26. The van der Waals surface area contributed by atoms with Gasteiger partial charge >= 0.3 is 0 Å². The third kappa shape index (κ3) is 5.00. The maximum Gasteiger partial charge on any atom is 0.249 e. The third-order valence-electron chi connectivity index (χ3n) is 6.16. The summed E-state index contributed by atoms with van der Waals surface area (Å²) in [5.41, 5.74) is 5.50. The SMILES string of the molecule is Cc1[nH]c2c(C)ccc(Cl)c2c1CC(=O)N[C@@H](Cc1ccccc1)C(=O)N(C)c1ccccc1. The van der Waals surface area contributed by atoms with Gasteiger partial charge in [-0.05, 0) is 48.7 Å². The molecule has 3 aromatic carbocycles. The molecule has 0 aliphatic heterocycles. The van der Waals surface area contributed by atoms with Crippen LogP contribution in [0.5, 0.6) is 0 Å². The van der Waals surface area contributed by atoms with E-state index in [4.69, 9.17) is 11.6 Å². The number of amides is 2. The second kappa shape index (κ2) is 10.1. The van der Waals surface area contributed by atoms with Crippen molar-refractivity contribution in [1.29, 1.82) is 0 Å². The van der Waals surface area contributed by atoms with E-state index in [1.807, 2.05) is 86.6 Å². The second-order valence-corrected chi connectivity index (χ2v) is 8.97. The van der Waals surface area contributed by atoms with Gasteiger partial charge in [0, 0.05) is 30.2 Å². The molecule has 0 fully saturated rings. The van der Waals surface area contributed by atoms with Gasteiger partial charge in [0.25, 0.3) is 0 Å². The number of aryl methyl sites for hydroxylation is 2. The van der Waals surface area contributed by atoms with E-state index < -0.39 is 6.04 Å². The maximum absolute atomic E-state index is 13.4. The zero-order valence-electron chi connectivity index (χ0n) is 19.6. The Bertz CT molecular complexity index is 1320. The lowest BCUT2D eigenvalue weighted by atomic mass is 10.0. The zero-order chi connectivity index (χ0) is 24.2. The minimum atomic E-state index is -0.706. The highest BCUT2D eigenvalue weighted by atomic mass is 35.5. The summed E-state index contributed by atoms with van der Waals surface area (Å²) in [5.74, 6) is -0.398. The summed E-state index contributed by atoms with van der Waals surface area (Å²) in [6.07, 6.45) is 0.526. The van der Waals surface area contributed by atoms with E-state index >= 15 is 0 Å². The van der Waals surface area contributed by atoms with Crippen LogP contribution in [-0.4, -0.2) is 29.9 Å². The average Bonchev–Trinajstić information content (AvgIpc) is 3.18. The first kappa shape index (κ1) is 23.6. The lowest BCUT2D eigenvalue weighted by molar-refractivity contribution is -0.127. The van der Waals surface area contributed by atoms with Crippen molar-refractivity contribution < 1.29 is 9.59 Å². The Morgan fingerprint density at radius 1 is 0.971 bits per heavy atom. The van der Waals surface area contributed by atoms with Crippen LogP contribution in [0.4, 0.5) is 5.69 Å². The van der Waals surface area contributed by atoms with Gasteiger partial charge in [-0.1, -0.05) is 66.2 Å². The van der Waals surface area contributed by atoms with Crippen molar-refractivity contribution in [3.8, 4) is 0 Å². The molecule has 0 spiro atoms. The second-order valence-electron chi connectivity index (χ2n) is 8.56. The Hall–Kier alpha value is -3.57. The van der Waals surface area contributed by atoms with Gasteiger partial charge in [0.05, 0.1) is 17.0 Å². The number of fused-ring (bicyclic) bond motifs is 1. The molecule has 0 unspecified atom stereocenters. The number of para-hydroxylation sites is 1. The van der Waals surface area contributed by atoms with E-state index in [2.05, 4.69) is 10.3 Å². The van der Waals surface area contributed by atoms with E-state index in [1.165, 1.54) is 0 Å². The Morgan fingerprint density at radius 3 is 2.29 bits per heavy atom. The molecule has 0 aliphatic rings. The van der Waals surface area contributed by atoms with Crippen LogP contribution in [0, 0.1) is 13.8 Å². The number of hydrogen-bond acceptors (Lipinski definition) is 2. The molecule has 0 saturated heterocycles. The number of nitrogens with one attached hydrogen (secondary N) is 2. The molecule has 4 rings (SSSR count). The number of nitrogens with zero attached hydrogens (tertiary/aromatic N) is 1. The fourth-order valence-corrected chi connectivity index (χ4v) is 4.55. The number of hydrogen-bond donors (Lipinski definition) is 2. The summed E-state index contributed by atoms with van der Waals surface area (Å²) in [6.45, 7) is 3.95. The molecule has 0 radical (unpaired) electrons. The highest BCUT2D eigenvalue weighted by Crippen LogP contribution is 2.31. The van der Waals surface area contributed by atoms with Crippen LogP contribution in [0.25, 0.3) is 10.9 Å². The van der Waals surface area contributed by atoms with Gasteiger partial charge in [-0.3, -0.25) is 9.59 Å². The molecule has 1 atom stereocenters. The minimum absolute atomic E-state index is 0.128. The van der Waals surface area contributed by atoms with Gasteiger partial charge < -0.3 is 15.2 Å². The minimum Gasteiger partial charge on any atom is -0.358 e. The van der Waals surface area contributed by atoms with Crippen molar-refractivity contribution in [2.24, 2.45) is 0 Å². The summed E-state index contributed by atoms with van der Waals surface area (Å²) in [7, 11) is 1.73. The number of carbonyl (C=O) groups is 2. The molecule has 5 nitrogen and oxygen atoms in total. The van der Waals surface area contributed by atoms with Gasteiger partial charge in [0.15, 0.2) is 0 Å². The lowest BCUT2D eigenvalue weighted by Gasteiger charge is -2.25. The largest absolute Gasteiger partial charge is 0.358 e. The Morgan fingerprint density at radius 2 is 1.62 bits per heavy atom. The molecule has 0 aliphatic carbocycles. The number of H-pyrrole nitrogens is 1. The van der Waals surface area contributed by atoms with Crippen LogP contribution < -0.4 is 10.2 Å². The molecule has 0 bridgehead atoms. The third-order valence-corrected chi connectivity index (χ3v) is 6.47. The molecule has 2 amide bonds. The Balaban J connectivity index is 1.59. The molecule has 1 aromatic heterocycles. The smallest absolute Gasteiger partial charge is 0.249 e. The topological polar surface area (TPSA) is 65.2 Å². The number of aromatic nitrogens is 1. The lowest BCUT2D eigenvalue weighted by Crippen LogP contribution is -2.49. The van der Waals surface area contributed by atoms with Crippen molar-refractivity contribution in [1.82, 2.24) is 10.3 Å². The van der Waals surface area contributed by atoms with Gasteiger partial charge in [0.1, 0.15) is 6.04 Å². The van der Waals surface area contributed by atoms with Crippen molar-refractivity contribution in [2.75, 3.05) is 11.9 Å². The molecule has 34 heavy (non-hydrogen) atoms. The monoisotopic (exact) mass is 473 g/mol. The van der Waals surface area contributed by atoms with Gasteiger partial charge in [-0.15, -0.1) is 0 Å². The van der Waals surface area contributed by atoms with Crippen LogP contribution in [0.2, 0.25) is 5.02 Å². The number of halogens is 1. The quantitative estimate of drug-likeness (QED) is 0.379. The van der Waals surface area contributed by atoms with Gasteiger partial charge in [-0.25, -0.2) is 0 Å². The van der Waals surface area contributed by atoms with Gasteiger partial charge in [0.2, 0.25) is 11.8 Å². The molecular formula is C28H28ClN3O2. The fourth-order valence-electron chi connectivity index (χ4n) is 4.28. The average molecular weight is 474 g/mol. The van der Waals surface area contributed by atoms with Crippen molar-refractivity contribution in [3.05, 3.63) is 100 Å². The van der Waals surface area contributed by atoms with Gasteiger partial charge in [-0.2, -0.15) is 0 Å². The number of carbonyl (C=O) groups excluding carboxylic acids is 2. The standard InChI is InChI=1S/C28H28ClN3O2/c1-18-14-15-23(29)26-22(19(2)30-27(18)26)17-25(33)31-24(16-20-10-6-4-7-11-20)28(34)32(3)21-12-8-5-9-13-21/h4-15,24,30H,16-17H2,1-3H3,(H,31,33)/t24-/m0/s1. The summed E-state index contributed by atoms with van der Waals surface area (Å²) >= 11 is 6.49. The normalized spacial score (nSPS) is 11.9. The molecule has 1 heterocycles. The first-order valence-electron chi connectivity index (χ1n) is 11.3. The zero-order valence-corrected chi connectivity index (χ0v) is 20.3. The van der Waals surface area contributed by atoms with E-state index in [0.717, 1.165) is 39.0 Å². The highest BCUT2D eigenvalue weighted by molar-refractivity contribution is 6.36. The Kier molecular flexibility index (Phi) is 7.03. The van der Waals surface area contributed by atoms with E-state index in [9.17, 15) is 9.59 Å². The molecule has 0 saturated carbocycles. The first-order chi connectivity index (χ1) is 16.3. The van der Waals surface area contributed by atoms with Crippen molar-refractivity contribution in [3.63, 3.8) is 0 Å². The number of likely N-dealkylation sites (N-methyl/N-ethyl adjacent to an activating group) is 1. The van der Waals surface area contributed by atoms with E-state index in [1.54, 1.807) is 11.9 Å². The van der Waals surface area contributed by atoms with Crippen molar-refractivity contribution in [2.45, 2.75) is 32.7 Å². The predicted octanol–water partition coefficient (Wildman–Crippen LogP) is 5.37. The van der Waals surface area contributed by atoms with Crippen LogP contribution in [0.1, 0.15) is 22.4 Å². The van der Waals surface area contributed by atoms with Crippen LogP contribution in [0.15, 0.2) is 72.8 Å². The summed E-state index contributed by atoms with van der Waals surface area (Å²) in [4.78, 5) is 31.6. The van der Waals surface area contributed by atoms with Crippen LogP contribution >= 0.6 is 11.6 Å². The number of rotatable bonds is 7. The first-order valence-corrected chi connectivity index (χ1v) is 11.6. The summed E-state index contributed by atoms with van der Waals surface area (Å²) in [6, 6.07) is 22.2. The summed E-state index contributed by atoms with van der Waals surface area (Å²) in [5, 5.41) is 4.46. The maximum atomic E-state index is 13.4. The Labute approximate surface area is 204 Å². The van der Waals surface area contributed by atoms with Crippen LogP contribution in [-0.2, 0) is 22.4 Å². The fraction of sp³-hybridized carbons (Fsp3) is 0.214. The van der Waals surface area contributed by atoms with E-state index in [0.29, 0.717) is 11.4 Å². The van der Waals surface area contributed by atoms with Crippen LogP contribution in [0.3, 0.4) is 0 Å². The summed E-state index contributed by atoms with van der Waals surface area (Å²) < 4.78 is 0. The number of aromatic amines is 1. The molecular weight excluding hydrogens is 446 g/mol. The molecule has 4 aromatic rings. The molecule has 6 heteroatoms. The van der Waals surface area contributed by atoms with Crippen molar-refractivity contribution >= 4 is 40.0 Å². The number of anilines is 1. The molecule has 174 valence electrons. The predicted molar refractivity (Wildman–Crippen MR) is 138 cm³/mol. The molecule has 2 N–H and O–H groups in total.